The highest BCUT2D eigenvalue weighted by Crippen LogP contribution is 2.32. The second-order valence-electron chi connectivity index (χ2n) is 10.2. The summed E-state index contributed by atoms with van der Waals surface area (Å²) in [6.45, 7) is 1.77. The molecule has 1 aliphatic rings. The molecule has 0 atom stereocenters. The summed E-state index contributed by atoms with van der Waals surface area (Å²) >= 11 is 0. The molecule has 216 valence electrons. The zero-order valence-electron chi connectivity index (χ0n) is 22.4. The zero-order chi connectivity index (χ0) is 29.4. The maximum Gasteiger partial charge on any atom is 0.416 e. The molecule has 12 heteroatoms. The van der Waals surface area contributed by atoms with Gasteiger partial charge in [-0.1, -0.05) is 30.3 Å². The molecule has 0 aliphatic carbocycles. The first-order valence-corrected chi connectivity index (χ1v) is 13.5. The monoisotopic (exact) mass is 578 g/mol. The van der Waals surface area contributed by atoms with Crippen LogP contribution < -0.4 is 10.5 Å². The summed E-state index contributed by atoms with van der Waals surface area (Å²) in [5, 5.41) is 9.08. The van der Waals surface area contributed by atoms with E-state index in [1.54, 1.807) is 45.7 Å². The predicted molar refractivity (Wildman–Crippen MR) is 149 cm³/mol. The van der Waals surface area contributed by atoms with Gasteiger partial charge < -0.3 is 9.80 Å². The lowest BCUT2D eigenvalue weighted by Crippen LogP contribution is -2.48. The van der Waals surface area contributed by atoms with Gasteiger partial charge in [0, 0.05) is 44.7 Å². The lowest BCUT2D eigenvalue weighted by molar-refractivity contribution is -0.137. The minimum Gasteiger partial charge on any atom is -0.368 e. The molecular weight excluding hydrogens is 552 g/mol. The molecule has 0 bridgehead atoms. The van der Waals surface area contributed by atoms with E-state index in [-0.39, 0.29) is 36.7 Å². The molecule has 1 amide bonds. The largest absolute Gasteiger partial charge is 0.416 e. The van der Waals surface area contributed by atoms with Crippen molar-refractivity contribution >= 4 is 28.3 Å². The van der Waals surface area contributed by atoms with Gasteiger partial charge in [0.25, 0.3) is 5.56 Å². The summed E-state index contributed by atoms with van der Waals surface area (Å²) < 4.78 is 56.1. The van der Waals surface area contributed by atoms with E-state index in [1.165, 1.54) is 22.8 Å². The fraction of sp³-hybridized carbons (Fsp3) is 0.267. The second kappa shape index (κ2) is 10.9. The Bertz CT molecular complexity index is 1820. The number of anilines is 1. The number of nitrogens with zero attached hydrogens (tertiary/aromatic N) is 6. The van der Waals surface area contributed by atoms with E-state index in [2.05, 4.69) is 10.2 Å². The quantitative estimate of drug-likeness (QED) is 0.277. The van der Waals surface area contributed by atoms with Gasteiger partial charge in [-0.2, -0.15) is 13.2 Å². The number of hydrogen-bond acceptors (Lipinski definition) is 5. The highest BCUT2D eigenvalue weighted by molar-refractivity contribution is 5.81. The van der Waals surface area contributed by atoms with E-state index in [4.69, 9.17) is 0 Å². The minimum absolute atomic E-state index is 0.0978. The smallest absolute Gasteiger partial charge is 0.368 e. The van der Waals surface area contributed by atoms with E-state index in [1.807, 2.05) is 11.0 Å². The van der Waals surface area contributed by atoms with Crippen LogP contribution in [0.5, 0.6) is 0 Å². The molecule has 2 aromatic heterocycles. The lowest BCUT2D eigenvalue weighted by Gasteiger charge is -2.36. The van der Waals surface area contributed by atoms with Gasteiger partial charge in [0.05, 0.1) is 23.0 Å². The topological polar surface area (TPSA) is 75.7 Å². The maximum atomic E-state index is 13.4. The number of aryl methyl sites for hydroxylation is 1. The molecule has 1 saturated heterocycles. The normalized spacial score (nSPS) is 14.2. The van der Waals surface area contributed by atoms with Crippen molar-refractivity contribution in [2.75, 3.05) is 31.1 Å². The Hall–Kier alpha value is -4.74. The number of alkyl halides is 3. The van der Waals surface area contributed by atoms with Crippen molar-refractivity contribution in [3.05, 3.63) is 106 Å². The number of piperazine rings is 1. The Labute approximate surface area is 237 Å². The molecule has 0 spiro atoms. The molecule has 8 nitrogen and oxygen atoms in total. The predicted octanol–water partition coefficient (Wildman–Crippen LogP) is 4.53. The van der Waals surface area contributed by atoms with Crippen molar-refractivity contribution in [1.82, 2.24) is 24.1 Å². The first kappa shape index (κ1) is 27.4. The average Bonchev–Trinajstić information content (AvgIpc) is 3.43. The maximum absolute atomic E-state index is 13.4. The first-order valence-electron chi connectivity index (χ1n) is 13.5. The highest BCUT2D eigenvalue weighted by Gasteiger charge is 2.31. The standard InChI is InChI=1S/C30H26F4N6O2/c31-22-10-8-20(9-11-22)19-39-28(42)24-6-1-2-7-25(24)40-26(35-36-29(39)40)12-13-27(41)38-16-14-37(15-17-38)23-5-3-4-21(18-23)30(32,33)34/h1-11,18H,12-17,19H2. The van der Waals surface area contributed by atoms with Crippen LogP contribution in [0.3, 0.4) is 0 Å². The third-order valence-corrected chi connectivity index (χ3v) is 7.56. The third-order valence-electron chi connectivity index (χ3n) is 7.56. The van der Waals surface area contributed by atoms with E-state index < -0.39 is 11.7 Å². The zero-order valence-corrected chi connectivity index (χ0v) is 22.4. The molecule has 5 aromatic rings. The van der Waals surface area contributed by atoms with Crippen molar-refractivity contribution < 1.29 is 22.4 Å². The van der Waals surface area contributed by atoms with Crippen LogP contribution in [0.2, 0.25) is 0 Å². The van der Waals surface area contributed by atoms with Gasteiger partial charge in [-0.3, -0.25) is 18.6 Å². The van der Waals surface area contributed by atoms with Crippen LogP contribution in [0.1, 0.15) is 23.4 Å². The molecule has 3 aromatic carbocycles. The summed E-state index contributed by atoms with van der Waals surface area (Å²) in [5.74, 6) is 0.367. The summed E-state index contributed by atoms with van der Waals surface area (Å²) in [5.41, 5.74) is 0.867. The van der Waals surface area contributed by atoms with E-state index in [0.29, 0.717) is 54.4 Å². The molecule has 6 rings (SSSR count). The Morgan fingerprint density at radius 3 is 2.36 bits per heavy atom. The molecule has 0 radical (unpaired) electrons. The number of amides is 1. The number of halogens is 4. The van der Waals surface area contributed by atoms with E-state index in [9.17, 15) is 27.2 Å². The van der Waals surface area contributed by atoms with Crippen molar-refractivity contribution in [2.24, 2.45) is 0 Å². The number of benzene rings is 3. The fourth-order valence-corrected chi connectivity index (χ4v) is 5.36. The molecule has 0 saturated carbocycles. The number of aromatic nitrogens is 4. The Balaban J connectivity index is 1.19. The van der Waals surface area contributed by atoms with Crippen LogP contribution in [0.15, 0.2) is 77.6 Å². The van der Waals surface area contributed by atoms with Crippen LogP contribution in [-0.4, -0.2) is 56.2 Å². The van der Waals surface area contributed by atoms with E-state index >= 15 is 0 Å². The van der Waals surface area contributed by atoms with Gasteiger partial charge in [-0.15, -0.1) is 10.2 Å². The Morgan fingerprint density at radius 1 is 0.881 bits per heavy atom. The van der Waals surface area contributed by atoms with Crippen LogP contribution in [-0.2, 0) is 23.9 Å². The first-order chi connectivity index (χ1) is 20.2. The molecular formula is C30H26F4N6O2. The van der Waals surface area contributed by atoms with Crippen LogP contribution in [0, 0.1) is 5.82 Å². The number of fused-ring (bicyclic) bond motifs is 3. The highest BCUT2D eigenvalue weighted by atomic mass is 19.4. The van der Waals surface area contributed by atoms with Gasteiger partial charge in [-0.25, -0.2) is 4.39 Å². The summed E-state index contributed by atoms with van der Waals surface area (Å²) in [4.78, 5) is 30.1. The SMILES string of the molecule is O=C(CCc1nnc2n(Cc3ccc(F)cc3)c(=O)c3ccccc3n12)N1CCN(c2cccc(C(F)(F)F)c2)CC1. The van der Waals surface area contributed by atoms with Crippen LogP contribution in [0.25, 0.3) is 16.7 Å². The molecule has 0 N–H and O–H groups in total. The van der Waals surface area contributed by atoms with Crippen molar-refractivity contribution in [3.8, 4) is 0 Å². The van der Waals surface area contributed by atoms with Gasteiger partial charge in [0.1, 0.15) is 11.6 Å². The number of para-hydroxylation sites is 1. The number of carbonyl (C=O) groups excluding carboxylic acids is 1. The van der Waals surface area contributed by atoms with E-state index in [0.717, 1.165) is 17.7 Å². The molecule has 1 fully saturated rings. The Kier molecular flexibility index (Phi) is 7.13. The molecule has 3 heterocycles. The summed E-state index contributed by atoms with van der Waals surface area (Å²) in [6, 6.07) is 18.2. The van der Waals surface area contributed by atoms with Crippen LogP contribution in [0.4, 0.5) is 23.2 Å². The van der Waals surface area contributed by atoms with Gasteiger partial charge >= 0.3 is 6.18 Å². The lowest BCUT2D eigenvalue weighted by atomic mass is 10.1. The van der Waals surface area contributed by atoms with Gasteiger partial charge in [-0.05, 0) is 48.0 Å². The third kappa shape index (κ3) is 5.31. The van der Waals surface area contributed by atoms with Crippen molar-refractivity contribution in [1.29, 1.82) is 0 Å². The number of carbonyl (C=O) groups is 1. The molecule has 42 heavy (non-hydrogen) atoms. The van der Waals surface area contributed by atoms with Gasteiger partial charge in [0.2, 0.25) is 11.7 Å². The van der Waals surface area contributed by atoms with Crippen molar-refractivity contribution in [2.45, 2.75) is 25.6 Å². The summed E-state index contributed by atoms with van der Waals surface area (Å²) in [6.07, 6.45) is -4.00. The van der Waals surface area contributed by atoms with Crippen LogP contribution >= 0.6 is 0 Å². The van der Waals surface area contributed by atoms with Crippen molar-refractivity contribution in [3.63, 3.8) is 0 Å². The van der Waals surface area contributed by atoms with Gasteiger partial charge in [0.15, 0.2) is 0 Å². The Morgan fingerprint density at radius 2 is 1.62 bits per heavy atom. The average molecular weight is 579 g/mol. The minimum atomic E-state index is -4.42. The number of hydrogen-bond donors (Lipinski definition) is 0. The summed E-state index contributed by atoms with van der Waals surface area (Å²) in [7, 11) is 0. The molecule has 0 unspecified atom stereocenters. The fourth-order valence-electron chi connectivity index (χ4n) is 5.36. The molecule has 1 aliphatic heterocycles. The second-order valence-corrected chi connectivity index (χ2v) is 10.2. The number of rotatable bonds is 6.